The van der Waals surface area contributed by atoms with E-state index >= 15 is 0 Å². The number of halogens is 1. The molecule has 7 heteroatoms. The molecular weight excluding hydrogens is 421 g/mol. The molecule has 1 rings (SSSR count). The van der Waals surface area contributed by atoms with Crippen molar-refractivity contribution >= 4 is 29.9 Å². The van der Waals surface area contributed by atoms with Crippen molar-refractivity contribution in [2.75, 3.05) is 27.3 Å². The van der Waals surface area contributed by atoms with E-state index in [-0.39, 0.29) is 36.1 Å². The number of hydrogen-bond donors (Lipinski definition) is 3. The van der Waals surface area contributed by atoms with E-state index in [1.807, 2.05) is 6.92 Å². The van der Waals surface area contributed by atoms with E-state index in [0.29, 0.717) is 23.0 Å². The highest BCUT2D eigenvalue weighted by Crippen LogP contribution is 2.29. The maximum Gasteiger partial charge on any atom is 0.191 e. The molecule has 0 saturated carbocycles. The number of benzene rings is 1. The first kappa shape index (κ1) is 22.8. The Hall–Kier alpha value is -1.22. The van der Waals surface area contributed by atoms with Crippen LogP contribution in [0.1, 0.15) is 39.4 Å². The second-order valence-electron chi connectivity index (χ2n) is 6.22. The molecule has 0 heterocycles. The number of aliphatic hydroxyl groups is 1. The quantitative estimate of drug-likeness (QED) is 0.353. The second kappa shape index (κ2) is 10.6. The average Bonchev–Trinajstić information content (AvgIpc) is 2.50. The minimum atomic E-state index is -0.782. The fraction of sp³-hybridized carbons (Fsp3) is 0.588. The van der Waals surface area contributed by atoms with Crippen LogP contribution in [0.15, 0.2) is 23.2 Å². The first-order valence-electron chi connectivity index (χ1n) is 7.77. The van der Waals surface area contributed by atoms with Gasteiger partial charge in [-0.25, -0.2) is 0 Å². The van der Waals surface area contributed by atoms with Gasteiger partial charge in [-0.2, -0.15) is 0 Å². The maximum atomic E-state index is 10.5. The molecule has 6 nitrogen and oxygen atoms in total. The van der Waals surface area contributed by atoms with Gasteiger partial charge in [0.15, 0.2) is 5.96 Å². The molecule has 0 amide bonds. The third-order valence-electron chi connectivity index (χ3n) is 3.06. The van der Waals surface area contributed by atoms with Crippen molar-refractivity contribution in [2.24, 2.45) is 4.99 Å². The zero-order chi connectivity index (χ0) is 17.5. The van der Waals surface area contributed by atoms with E-state index < -0.39 is 6.10 Å². The number of aliphatic hydroxyl groups excluding tert-OH is 1. The predicted molar refractivity (Wildman–Crippen MR) is 109 cm³/mol. The highest BCUT2D eigenvalue weighted by molar-refractivity contribution is 14.0. The highest BCUT2D eigenvalue weighted by Gasteiger charge is 2.16. The zero-order valence-corrected chi connectivity index (χ0v) is 17.7. The van der Waals surface area contributed by atoms with Gasteiger partial charge in [0.05, 0.1) is 20.8 Å². The Bertz CT molecular complexity index is 530. The Morgan fingerprint density at radius 3 is 2.42 bits per heavy atom. The van der Waals surface area contributed by atoms with Crippen LogP contribution in [-0.4, -0.2) is 43.9 Å². The molecule has 3 N–H and O–H groups in total. The second-order valence-corrected chi connectivity index (χ2v) is 6.22. The number of hydrogen-bond acceptors (Lipinski definition) is 4. The van der Waals surface area contributed by atoms with Gasteiger partial charge in [0.2, 0.25) is 0 Å². The number of methoxy groups -OCH3 is 2. The summed E-state index contributed by atoms with van der Waals surface area (Å²) in [4.78, 5) is 4.45. The van der Waals surface area contributed by atoms with Gasteiger partial charge in [0.25, 0.3) is 0 Å². The molecular formula is C17H30IN3O3. The molecule has 0 aromatic heterocycles. The summed E-state index contributed by atoms with van der Waals surface area (Å²) < 4.78 is 10.5. The van der Waals surface area contributed by atoms with Crippen molar-refractivity contribution in [1.29, 1.82) is 0 Å². The van der Waals surface area contributed by atoms with Gasteiger partial charge in [-0.05, 0) is 45.9 Å². The van der Waals surface area contributed by atoms with E-state index in [1.54, 1.807) is 32.4 Å². The van der Waals surface area contributed by atoms with Crippen LogP contribution in [-0.2, 0) is 0 Å². The number of rotatable bonds is 6. The first-order valence-corrected chi connectivity index (χ1v) is 7.77. The van der Waals surface area contributed by atoms with Crippen LogP contribution in [0.3, 0.4) is 0 Å². The van der Waals surface area contributed by atoms with E-state index in [9.17, 15) is 5.11 Å². The SMILES string of the molecule is CCNC(=NCC(O)c1cc(OC)ccc1OC)NC(C)(C)C.I. The van der Waals surface area contributed by atoms with Crippen LogP contribution < -0.4 is 20.1 Å². The summed E-state index contributed by atoms with van der Waals surface area (Å²) in [5, 5.41) is 16.9. The lowest BCUT2D eigenvalue weighted by molar-refractivity contribution is 0.182. The molecule has 0 aliphatic heterocycles. The average molecular weight is 451 g/mol. The Morgan fingerprint density at radius 1 is 1.25 bits per heavy atom. The van der Waals surface area contributed by atoms with Crippen LogP contribution in [0.2, 0.25) is 0 Å². The van der Waals surface area contributed by atoms with Crippen molar-refractivity contribution in [1.82, 2.24) is 10.6 Å². The van der Waals surface area contributed by atoms with E-state index in [4.69, 9.17) is 9.47 Å². The molecule has 0 radical (unpaired) electrons. The summed E-state index contributed by atoms with van der Waals surface area (Å²) in [7, 11) is 3.17. The molecule has 0 bridgehead atoms. The van der Waals surface area contributed by atoms with Crippen molar-refractivity contribution in [3.05, 3.63) is 23.8 Å². The Morgan fingerprint density at radius 2 is 1.92 bits per heavy atom. The van der Waals surface area contributed by atoms with Crippen LogP contribution in [0, 0.1) is 0 Å². The van der Waals surface area contributed by atoms with Gasteiger partial charge in [0, 0.05) is 17.6 Å². The molecule has 1 aromatic carbocycles. The van der Waals surface area contributed by atoms with E-state index in [2.05, 4.69) is 36.4 Å². The lowest BCUT2D eigenvalue weighted by atomic mass is 10.1. The van der Waals surface area contributed by atoms with Crippen molar-refractivity contribution in [2.45, 2.75) is 39.3 Å². The summed E-state index contributed by atoms with van der Waals surface area (Å²) in [6.45, 7) is 9.14. The standard InChI is InChI=1S/C17H29N3O3.HI/c1-7-18-16(20-17(2,3)4)19-11-14(21)13-10-12(22-5)8-9-15(13)23-6;/h8-10,14,21H,7,11H2,1-6H3,(H2,18,19,20);1H. The number of nitrogens with one attached hydrogen (secondary N) is 2. The lowest BCUT2D eigenvalue weighted by Crippen LogP contribution is -2.47. The Labute approximate surface area is 162 Å². The third-order valence-corrected chi connectivity index (χ3v) is 3.06. The number of ether oxygens (including phenoxy) is 2. The highest BCUT2D eigenvalue weighted by atomic mass is 127. The first-order chi connectivity index (χ1) is 10.8. The number of nitrogens with zero attached hydrogens (tertiary/aromatic N) is 1. The van der Waals surface area contributed by atoms with E-state index in [0.717, 1.165) is 6.54 Å². The molecule has 0 fully saturated rings. The van der Waals surface area contributed by atoms with E-state index in [1.165, 1.54) is 0 Å². The van der Waals surface area contributed by atoms with Crippen molar-refractivity contribution in [3.8, 4) is 11.5 Å². The molecule has 138 valence electrons. The number of guanidine groups is 1. The largest absolute Gasteiger partial charge is 0.497 e. The van der Waals surface area contributed by atoms with Crippen molar-refractivity contribution < 1.29 is 14.6 Å². The summed E-state index contributed by atoms with van der Waals surface area (Å²) in [5.41, 5.74) is 0.543. The number of aliphatic imine (C=N–C) groups is 1. The molecule has 24 heavy (non-hydrogen) atoms. The maximum absolute atomic E-state index is 10.5. The fourth-order valence-electron chi connectivity index (χ4n) is 2.04. The Balaban J connectivity index is 0.00000529. The summed E-state index contributed by atoms with van der Waals surface area (Å²) in [6, 6.07) is 5.34. The zero-order valence-electron chi connectivity index (χ0n) is 15.3. The molecule has 1 aromatic rings. The molecule has 0 spiro atoms. The van der Waals surface area contributed by atoms with Crippen LogP contribution in [0.25, 0.3) is 0 Å². The van der Waals surface area contributed by atoms with Gasteiger partial charge in [0.1, 0.15) is 17.6 Å². The summed E-state index contributed by atoms with van der Waals surface area (Å²) in [6.07, 6.45) is -0.782. The predicted octanol–water partition coefficient (Wildman–Crippen LogP) is 2.71. The van der Waals surface area contributed by atoms with Gasteiger partial charge >= 0.3 is 0 Å². The normalized spacial score (nSPS) is 12.9. The van der Waals surface area contributed by atoms with Crippen LogP contribution in [0.5, 0.6) is 11.5 Å². The molecule has 0 aliphatic carbocycles. The van der Waals surface area contributed by atoms with Crippen LogP contribution in [0.4, 0.5) is 0 Å². The third kappa shape index (κ3) is 7.57. The Kier molecular flexibility index (Phi) is 10.1. The van der Waals surface area contributed by atoms with Gasteiger partial charge in [-0.1, -0.05) is 0 Å². The lowest BCUT2D eigenvalue weighted by Gasteiger charge is -2.24. The minimum absolute atomic E-state index is 0. The molecule has 0 saturated heterocycles. The van der Waals surface area contributed by atoms with Crippen LogP contribution >= 0.6 is 24.0 Å². The fourth-order valence-corrected chi connectivity index (χ4v) is 2.04. The van der Waals surface area contributed by atoms with Gasteiger partial charge < -0.3 is 25.2 Å². The smallest absolute Gasteiger partial charge is 0.191 e. The topological polar surface area (TPSA) is 75.1 Å². The molecule has 1 atom stereocenters. The summed E-state index contributed by atoms with van der Waals surface area (Å²) >= 11 is 0. The molecule has 0 aliphatic rings. The van der Waals surface area contributed by atoms with Crippen molar-refractivity contribution in [3.63, 3.8) is 0 Å². The molecule has 1 unspecified atom stereocenters. The monoisotopic (exact) mass is 451 g/mol. The van der Waals surface area contributed by atoms with Gasteiger partial charge in [-0.3, -0.25) is 4.99 Å². The minimum Gasteiger partial charge on any atom is -0.497 e. The summed E-state index contributed by atoms with van der Waals surface area (Å²) in [5.74, 6) is 1.95. The van der Waals surface area contributed by atoms with Gasteiger partial charge in [-0.15, -0.1) is 24.0 Å².